The van der Waals surface area contributed by atoms with Gasteiger partial charge in [-0.1, -0.05) is 51.1 Å². The summed E-state index contributed by atoms with van der Waals surface area (Å²) in [5.41, 5.74) is 2.01. The number of nitrogens with one attached hydrogen (secondary N) is 1. The molecule has 1 aliphatic carbocycles. The molecule has 2 atom stereocenters. The third-order valence-electron chi connectivity index (χ3n) is 3.98. The maximum Gasteiger partial charge on any atom is 0.00104 e. The fourth-order valence-corrected chi connectivity index (χ4v) is 2.79. The summed E-state index contributed by atoms with van der Waals surface area (Å²) in [5, 5.41) is 3.57. The lowest BCUT2D eigenvalue weighted by Crippen LogP contribution is -2.27. The van der Waals surface area contributed by atoms with Crippen LogP contribution in [0.1, 0.15) is 39.2 Å². The molecule has 1 aromatic carbocycles. The Hall–Kier alpha value is -0.820. The molecule has 0 heterocycles. The standard InChI is InChI=1S/C15H23N/c1-4-15(13-8-6-5-7-9-13)10-14(15)11-16-12(2)3/h5-9,12,14,16H,4,10-11H2,1-3H3. The quantitative estimate of drug-likeness (QED) is 0.797. The van der Waals surface area contributed by atoms with Crippen LogP contribution in [-0.2, 0) is 5.41 Å². The highest BCUT2D eigenvalue weighted by molar-refractivity contribution is 5.33. The van der Waals surface area contributed by atoms with E-state index in [4.69, 9.17) is 0 Å². The molecular formula is C15H23N. The second-order valence-corrected chi connectivity index (χ2v) is 5.34. The lowest BCUT2D eigenvalue weighted by atomic mass is 9.90. The van der Waals surface area contributed by atoms with Crippen LogP contribution >= 0.6 is 0 Å². The van der Waals surface area contributed by atoms with Crippen molar-refractivity contribution in [1.82, 2.24) is 5.32 Å². The minimum absolute atomic E-state index is 0.475. The highest BCUT2D eigenvalue weighted by atomic mass is 14.9. The molecule has 1 heteroatoms. The van der Waals surface area contributed by atoms with E-state index in [9.17, 15) is 0 Å². The monoisotopic (exact) mass is 217 g/mol. The SMILES string of the molecule is CCC1(c2ccccc2)CC1CNC(C)C. The van der Waals surface area contributed by atoms with Crippen LogP contribution in [0, 0.1) is 5.92 Å². The maximum atomic E-state index is 3.57. The molecule has 1 aliphatic rings. The van der Waals surface area contributed by atoms with Crippen LogP contribution in [0.15, 0.2) is 30.3 Å². The number of hydrogen-bond acceptors (Lipinski definition) is 1. The van der Waals surface area contributed by atoms with Crippen LogP contribution in [0.3, 0.4) is 0 Å². The second-order valence-electron chi connectivity index (χ2n) is 5.34. The first-order chi connectivity index (χ1) is 7.69. The third kappa shape index (κ3) is 2.15. The fraction of sp³-hybridized carbons (Fsp3) is 0.600. The van der Waals surface area contributed by atoms with E-state index in [1.807, 2.05) is 0 Å². The number of hydrogen-bond donors (Lipinski definition) is 1. The van der Waals surface area contributed by atoms with Gasteiger partial charge in [0.15, 0.2) is 0 Å². The third-order valence-corrected chi connectivity index (χ3v) is 3.98. The van der Waals surface area contributed by atoms with E-state index in [0.29, 0.717) is 11.5 Å². The Balaban J connectivity index is 2.02. The Labute approximate surface area is 99.3 Å². The summed E-state index contributed by atoms with van der Waals surface area (Å²) >= 11 is 0. The van der Waals surface area contributed by atoms with Crippen LogP contribution in [-0.4, -0.2) is 12.6 Å². The average Bonchev–Trinajstić information content (AvgIpc) is 3.03. The van der Waals surface area contributed by atoms with Gasteiger partial charge in [-0.05, 0) is 36.3 Å². The van der Waals surface area contributed by atoms with Gasteiger partial charge in [-0.3, -0.25) is 0 Å². The van der Waals surface area contributed by atoms with Gasteiger partial charge >= 0.3 is 0 Å². The topological polar surface area (TPSA) is 12.0 Å². The van der Waals surface area contributed by atoms with Gasteiger partial charge in [-0.15, -0.1) is 0 Å². The minimum Gasteiger partial charge on any atom is -0.314 e. The van der Waals surface area contributed by atoms with E-state index >= 15 is 0 Å². The van der Waals surface area contributed by atoms with Crippen LogP contribution in [0.5, 0.6) is 0 Å². The Morgan fingerprint density at radius 3 is 2.56 bits per heavy atom. The van der Waals surface area contributed by atoms with E-state index in [1.54, 1.807) is 0 Å². The van der Waals surface area contributed by atoms with E-state index in [1.165, 1.54) is 24.9 Å². The molecule has 0 aromatic heterocycles. The Bertz CT molecular complexity index is 331. The van der Waals surface area contributed by atoms with E-state index in [0.717, 1.165) is 5.92 Å². The van der Waals surface area contributed by atoms with Crippen LogP contribution in [0.2, 0.25) is 0 Å². The zero-order valence-electron chi connectivity index (χ0n) is 10.7. The normalized spacial score (nSPS) is 28.4. The Morgan fingerprint density at radius 2 is 2.00 bits per heavy atom. The van der Waals surface area contributed by atoms with Gasteiger partial charge in [-0.25, -0.2) is 0 Å². The van der Waals surface area contributed by atoms with Crippen molar-refractivity contribution in [3.63, 3.8) is 0 Å². The van der Waals surface area contributed by atoms with Crippen molar-refractivity contribution in [2.75, 3.05) is 6.54 Å². The van der Waals surface area contributed by atoms with Crippen molar-refractivity contribution in [3.05, 3.63) is 35.9 Å². The van der Waals surface area contributed by atoms with Gasteiger partial charge in [-0.2, -0.15) is 0 Å². The van der Waals surface area contributed by atoms with Crippen LogP contribution in [0.4, 0.5) is 0 Å². The van der Waals surface area contributed by atoms with Gasteiger partial charge in [0.05, 0.1) is 0 Å². The predicted octanol–water partition coefficient (Wildman–Crippen LogP) is 3.35. The van der Waals surface area contributed by atoms with Gasteiger partial charge in [0.2, 0.25) is 0 Å². The van der Waals surface area contributed by atoms with Gasteiger partial charge < -0.3 is 5.32 Å². The molecule has 2 unspecified atom stereocenters. The Morgan fingerprint density at radius 1 is 1.31 bits per heavy atom. The van der Waals surface area contributed by atoms with Gasteiger partial charge in [0.1, 0.15) is 0 Å². The van der Waals surface area contributed by atoms with Crippen molar-refractivity contribution >= 4 is 0 Å². The summed E-state index contributed by atoms with van der Waals surface area (Å²) < 4.78 is 0. The zero-order valence-corrected chi connectivity index (χ0v) is 10.7. The fourth-order valence-electron chi connectivity index (χ4n) is 2.79. The Kier molecular flexibility index (Phi) is 3.34. The van der Waals surface area contributed by atoms with Gasteiger partial charge in [0.25, 0.3) is 0 Å². The molecule has 88 valence electrons. The molecule has 16 heavy (non-hydrogen) atoms. The molecule has 2 rings (SSSR count). The molecule has 0 spiro atoms. The van der Waals surface area contributed by atoms with Crippen LogP contribution in [0.25, 0.3) is 0 Å². The van der Waals surface area contributed by atoms with Crippen molar-refractivity contribution in [3.8, 4) is 0 Å². The highest BCUT2D eigenvalue weighted by Crippen LogP contribution is 2.56. The summed E-state index contributed by atoms with van der Waals surface area (Å²) in [4.78, 5) is 0. The number of benzene rings is 1. The first-order valence-electron chi connectivity index (χ1n) is 6.48. The lowest BCUT2D eigenvalue weighted by molar-refractivity contribution is 0.506. The molecule has 1 saturated carbocycles. The zero-order chi connectivity index (χ0) is 11.6. The van der Waals surface area contributed by atoms with E-state index < -0.39 is 0 Å². The lowest BCUT2D eigenvalue weighted by Gasteiger charge is -2.17. The molecular weight excluding hydrogens is 194 g/mol. The summed E-state index contributed by atoms with van der Waals surface area (Å²) in [6, 6.07) is 11.6. The summed E-state index contributed by atoms with van der Waals surface area (Å²) in [6.45, 7) is 7.93. The molecule has 1 N–H and O–H groups in total. The van der Waals surface area contributed by atoms with Crippen molar-refractivity contribution < 1.29 is 0 Å². The molecule has 1 aromatic rings. The van der Waals surface area contributed by atoms with Gasteiger partial charge in [0, 0.05) is 6.04 Å². The molecule has 0 saturated heterocycles. The molecule has 1 fully saturated rings. The molecule has 0 amide bonds. The minimum atomic E-state index is 0.475. The first-order valence-corrected chi connectivity index (χ1v) is 6.48. The summed E-state index contributed by atoms with van der Waals surface area (Å²) in [6.07, 6.45) is 2.62. The average molecular weight is 217 g/mol. The van der Waals surface area contributed by atoms with Crippen molar-refractivity contribution in [2.45, 2.75) is 45.1 Å². The molecule has 0 radical (unpaired) electrons. The first kappa shape index (κ1) is 11.7. The smallest absolute Gasteiger partial charge is 0.00104 e. The number of rotatable bonds is 5. The summed E-state index contributed by atoms with van der Waals surface area (Å²) in [7, 11) is 0. The van der Waals surface area contributed by atoms with Crippen molar-refractivity contribution in [2.24, 2.45) is 5.92 Å². The van der Waals surface area contributed by atoms with Crippen molar-refractivity contribution in [1.29, 1.82) is 0 Å². The predicted molar refractivity (Wildman–Crippen MR) is 69.7 cm³/mol. The second kappa shape index (κ2) is 4.58. The highest BCUT2D eigenvalue weighted by Gasteiger charge is 2.52. The van der Waals surface area contributed by atoms with E-state index in [-0.39, 0.29) is 0 Å². The maximum absolute atomic E-state index is 3.57. The molecule has 1 nitrogen and oxygen atoms in total. The van der Waals surface area contributed by atoms with Crippen LogP contribution < -0.4 is 5.32 Å². The summed E-state index contributed by atoms with van der Waals surface area (Å²) in [5.74, 6) is 0.835. The molecule has 0 aliphatic heterocycles. The largest absolute Gasteiger partial charge is 0.314 e. The molecule has 0 bridgehead atoms. The van der Waals surface area contributed by atoms with E-state index in [2.05, 4.69) is 56.4 Å².